The summed E-state index contributed by atoms with van der Waals surface area (Å²) in [6.45, 7) is 6.66. The Kier molecular flexibility index (Phi) is 6.63. The van der Waals surface area contributed by atoms with Gasteiger partial charge in [0.05, 0.1) is 29.4 Å². The van der Waals surface area contributed by atoms with E-state index in [1.54, 1.807) is 12.1 Å². The number of piperidine rings is 1. The predicted molar refractivity (Wildman–Crippen MR) is 119 cm³/mol. The summed E-state index contributed by atoms with van der Waals surface area (Å²) in [5.74, 6) is 1.16. The topological polar surface area (TPSA) is 72.1 Å². The van der Waals surface area contributed by atoms with Gasteiger partial charge in [0, 0.05) is 24.7 Å². The average Bonchev–Trinajstić information content (AvgIpc) is 3.13. The molecule has 0 spiro atoms. The molecule has 0 aliphatic carbocycles. The summed E-state index contributed by atoms with van der Waals surface area (Å²) in [5, 5.41) is 4.11. The van der Waals surface area contributed by atoms with Gasteiger partial charge in [-0.3, -0.25) is 4.79 Å². The highest BCUT2D eigenvalue weighted by Crippen LogP contribution is 2.37. The number of nitrogens with zero attached hydrogens (tertiary/aromatic N) is 4. The van der Waals surface area contributed by atoms with Crippen LogP contribution in [0.15, 0.2) is 35.0 Å². The number of hydrogen-bond acceptors (Lipinski definition) is 5. The van der Waals surface area contributed by atoms with Gasteiger partial charge in [0.1, 0.15) is 11.6 Å². The molecule has 32 heavy (non-hydrogen) atoms. The average molecular weight is 437 g/mol. The molecule has 3 heterocycles. The Balaban J connectivity index is 1.71. The third-order valence-electron chi connectivity index (χ3n) is 6.15. The standard InChI is InChI=1S/C25H29FN4O2/c1-4-7-22-27-15-20(25-16(2)17(3)29-32-25)24(28-22)21-8-5-6-13-30(21)23(31)14-18-9-11-19(26)12-10-18/h9-12,15,21H,4-8,13-14H2,1-3H3/t21-/m1/s1. The molecule has 6 nitrogen and oxygen atoms in total. The first-order valence-electron chi connectivity index (χ1n) is 11.3. The quantitative estimate of drug-likeness (QED) is 0.535. The van der Waals surface area contributed by atoms with Crippen molar-refractivity contribution in [3.8, 4) is 11.3 Å². The maximum absolute atomic E-state index is 13.3. The number of benzene rings is 1. The van der Waals surface area contributed by atoms with Gasteiger partial charge in [-0.15, -0.1) is 0 Å². The minimum Gasteiger partial charge on any atom is -0.356 e. The summed E-state index contributed by atoms with van der Waals surface area (Å²) < 4.78 is 18.9. The van der Waals surface area contributed by atoms with Crippen LogP contribution in [0.4, 0.5) is 4.39 Å². The van der Waals surface area contributed by atoms with Gasteiger partial charge in [-0.25, -0.2) is 14.4 Å². The van der Waals surface area contributed by atoms with Gasteiger partial charge in [-0.05, 0) is 57.2 Å². The molecule has 2 aromatic heterocycles. The van der Waals surface area contributed by atoms with E-state index in [9.17, 15) is 9.18 Å². The molecule has 1 saturated heterocycles. The van der Waals surface area contributed by atoms with Gasteiger partial charge < -0.3 is 9.42 Å². The van der Waals surface area contributed by atoms with Crippen LogP contribution < -0.4 is 0 Å². The van der Waals surface area contributed by atoms with Crippen LogP contribution in [0.3, 0.4) is 0 Å². The monoisotopic (exact) mass is 436 g/mol. The molecule has 1 aromatic carbocycles. The van der Waals surface area contributed by atoms with Gasteiger partial charge in [0.15, 0.2) is 5.76 Å². The molecule has 0 radical (unpaired) electrons. The van der Waals surface area contributed by atoms with E-state index in [2.05, 4.69) is 17.1 Å². The van der Waals surface area contributed by atoms with E-state index in [1.807, 2.05) is 24.9 Å². The highest BCUT2D eigenvalue weighted by atomic mass is 19.1. The summed E-state index contributed by atoms with van der Waals surface area (Å²) in [6, 6.07) is 5.97. The molecular weight excluding hydrogens is 407 g/mol. The summed E-state index contributed by atoms with van der Waals surface area (Å²) in [5.41, 5.74) is 4.22. The highest BCUT2D eigenvalue weighted by Gasteiger charge is 2.32. The molecule has 1 fully saturated rings. The number of hydrogen-bond donors (Lipinski definition) is 0. The number of aryl methyl sites for hydroxylation is 2. The van der Waals surface area contributed by atoms with Crippen molar-refractivity contribution in [2.24, 2.45) is 0 Å². The highest BCUT2D eigenvalue weighted by molar-refractivity contribution is 5.80. The second kappa shape index (κ2) is 9.59. The molecule has 1 atom stereocenters. The zero-order chi connectivity index (χ0) is 22.7. The van der Waals surface area contributed by atoms with Gasteiger partial charge in [0.25, 0.3) is 0 Å². The minimum atomic E-state index is -0.302. The molecule has 3 aromatic rings. The maximum Gasteiger partial charge on any atom is 0.227 e. The molecule has 0 bridgehead atoms. The summed E-state index contributed by atoms with van der Waals surface area (Å²) in [7, 11) is 0. The number of rotatable bonds is 6. The fraction of sp³-hybridized carbons (Fsp3) is 0.440. The number of amides is 1. The van der Waals surface area contributed by atoms with Gasteiger partial charge in [-0.2, -0.15) is 0 Å². The Bertz CT molecular complexity index is 1090. The Morgan fingerprint density at radius 1 is 1.22 bits per heavy atom. The molecule has 4 rings (SSSR count). The van der Waals surface area contributed by atoms with Crippen molar-refractivity contribution in [3.05, 3.63) is 64.6 Å². The molecule has 168 valence electrons. The Morgan fingerprint density at radius 2 is 2.00 bits per heavy atom. The zero-order valence-electron chi connectivity index (χ0n) is 18.9. The van der Waals surface area contributed by atoms with E-state index >= 15 is 0 Å². The minimum absolute atomic E-state index is 0.0217. The smallest absolute Gasteiger partial charge is 0.227 e. The Labute approximate surface area is 187 Å². The molecule has 0 saturated carbocycles. The van der Waals surface area contributed by atoms with Crippen LogP contribution in [-0.4, -0.2) is 32.5 Å². The third-order valence-corrected chi connectivity index (χ3v) is 6.15. The van der Waals surface area contributed by atoms with E-state index in [0.29, 0.717) is 12.3 Å². The van der Waals surface area contributed by atoms with Gasteiger partial charge in [-0.1, -0.05) is 24.2 Å². The lowest BCUT2D eigenvalue weighted by Crippen LogP contribution is -2.40. The number of aromatic nitrogens is 3. The van der Waals surface area contributed by atoms with E-state index in [0.717, 1.165) is 66.0 Å². The lowest BCUT2D eigenvalue weighted by atomic mass is 9.94. The summed E-state index contributed by atoms with van der Waals surface area (Å²) in [4.78, 5) is 24.7. The SMILES string of the molecule is CCCc1ncc(-c2onc(C)c2C)c([C@H]2CCCCN2C(=O)Cc2ccc(F)cc2)n1. The molecule has 0 N–H and O–H groups in total. The molecule has 1 amide bonds. The molecule has 1 aliphatic heterocycles. The van der Waals surface area contributed by atoms with E-state index < -0.39 is 0 Å². The summed E-state index contributed by atoms with van der Waals surface area (Å²) in [6.07, 6.45) is 6.57. The van der Waals surface area contributed by atoms with E-state index in [1.165, 1.54) is 12.1 Å². The fourth-order valence-electron chi connectivity index (χ4n) is 4.27. The third kappa shape index (κ3) is 4.56. The maximum atomic E-state index is 13.3. The zero-order valence-corrected chi connectivity index (χ0v) is 18.9. The van der Waals surface area contributed by atoms with E-state index in [4.69, 9.17) is 9.51 Å². The van der Waals surface area contributed by atoms with Crippen molar-refractivity contribution >= 4 is 5.91 Å². The normalized spacial score (nSPS) is 16.4. The second-order valence-electron chi connectivity index (χ2n) is 8.46. The second-order valence-corrected chi connectivity index (χ2v) is 8.46. The van der Waals surface area contributed by atoms with Gasteiger partial charge >= 0.3 is 0 Å². The van der Waals surface area contributed by atoms with Crippen molar-refractivity contribution in [3.63, 3.8) is 0 Å². The van der Waals surface area contributed by atoms with Crippen molar-refractivity contribution < 1.29 is 13.7 Å². The lowest BCUT2D eigenvalue weighted by molar-refractivity contribution is -0.134. The van der Waals surface area contributed by atoms with Crippen LogP contribution in [0.2, 0.25) is 0 Å². The Hall–Kier alpha value is -3.09. The molecular formula is C25H29FN4O2. The van der Waals surface area contributed by atoms with Crippen molar-refractivity contribution in [1.82, 2.24) is 20.0 Å². The number of carbonyl (C=O) groups excluding carboxylic acids is 1. The van der Waals surface area contributed by atoms with Crippen molar-refractivity contribution in [2.45, 2.75) is 65.3 Å². The van der Waals surface area contributed by atoms with Crippen LogP contribution in [-0.2, 0) is 17.6 Å². The van der Waals surface area contributed by atoms with Crippen LogP contribution >= 0.6 is 0 Å². The lowest BCUT2D eigenvalue weighted by Gasteiger charge is -2.36. The first-order chi connectivity index (χ1) is 15.5. The molecule has 7 heteroatoms. The van der Waals surface area contributed by atoms with Gasteiger partial charge in [0.2, 0.25) is 5.91 Å². The van der Waals surface area contributed by atoms with Crippen LogP contribution in [0.1, 0.15) is 67.0 Å². The molecule has 1 aliphatic rings. The first-order valence-corrected chi connectivity index (χ1v) is 11.3. The predicted octanol–water partition coefficient (Wildman–Crippen LogP) is 5.14. The number of likely N-dealkylation sites (tertiary alicyclic amines) is 1. The van der Waals surface area contributed by atoms with Crippen LogP contribution in [0.25, 0.3) is 11.3 Å². The molecule has 0 unspecified atom stereocenters. The number of halogens is 1. The Morgan fingerprint density at radius 3 is 2.69 bits per heavy atom. The van der Waals surface area contributed by atoms with Crippen molar-refractivity contribution in [1.29, 1.82) is 0 Å². The largest absolute Gasteiger partial charge is 0.356 e. The number of carbonyl (C=O) groups is 1. The fourth-order valence-corrected chi connectivity index (χ4v) is 4.27. The first kappa shape index (κ1) is 22.1. The van der Waals surface area contributed by atoms with E-state index in [-0.39, 0.29) is 24.2 Å². The van der Waals surface area contributed by atoms with Crippen molar-refractivity contribution in [2.75, 3.05) is 6.54 Å². The summed E-state index contributed by atoms with van der Waals surface area (Å²) >= 11 is 0. The van der Waals surface area contributed by atoms with Crippen LogP contribution in [0.5, 0.6) is 0 Å². The van der Waals surface area contributed by atoms with Crippen LogP contribution in [0, 0.1) is 19.7 Å².